The number of nitrogens with zero attached hydrogens (tertiary/aromatic N) is 4. The molecule has 0 radical (unpaired) electrons. The van der Waals surface area contributed by atoms with Gasteiger partial charge in [-0.3, -0.25) is 14.9 Å². The monoisotopic (exact) mass is 349 g/mol. The molecule has 1 atom stereocenters. The van der Waals surface area contributed by atoms with E-state index in [1.807, 2.05) is 21.8 Å². The van der Waals surface area contributed by atoms with Crippen LogP contribution in [-0.4, -0.2) is 71.5 Å². The topological polar surface area (TPSA) is 62.6 Å². The fourth-order valence-corrected chi connectivity index (χ4v) is 3.45. The van der Waals surface area contributed by atoms with E-state index in [0.29, 0.717) is 17.7 Å². The van der Waals surface area contributed by atoms with Crippen molar-refractivity contribution in [1.82, 2.24) is 19.6 Å². The molecular formula is C18H31N5O2. The Hall–Kier alpha value is -1.60. The fraction of sp³-hybridized carbons (Fsp3) is 0.778. The molecule has 0 spiro atoms. The molecule has 1 aromatic rings. The Morgan fingerprint density at radius 1 is 1.36 bits per heavy atom. The van der Waals surface area contributed by atoms with Crippen LogP contribution in [0.25, 0.3) is 0 Å². The molecule has 1 aromatic heterocycles. The molecule has 0 saturated carbocycles. The number of carbonyl (C=O) groups excluding carboxylic acids is 1. The van der Waals surface area contributed by atoms with Crippen LogP contribution in [0.5, 0.6) is 0 Å². The van der Waals surface area contributed by atoms with Gasteiger partial charge in [0.15, 0.2) is 5.82 Å². The van der Waals surface area contributed by atoms with Gasteiger partial charge in [-0.15, -0.1) is 0 Å². The Balaban J connectivity index is 1.42. The highest BCUT2D eigenvalue weighted by Gasteiger charge is 2.28. The first-order valence-corrected chi connectivity index (χ1v) is 9.49. The van der Waals surface area contributed by atoms with Crippen molar-refractivity contribution in [3.8, 4) is 0 Å². The maximum Gasteiger partial charge on any atom is 0.323 e. The second-order valence-electron chi connectivity index (χ2n) is 7.59. The zero-order chi connectivity index (χ0) is 17.6. The molecule has 2 amide bonds. The molecule has 7 nitrogen and oxygen atoms in total. The number of urea groups is 1. The van der Waals surface area contributed by atoms with Crippen molar-refractivity contribution in [2.45, 2.75) is 33.2 Å². The van der Waals surface area contributed by atoms with Gasteiger partial charge in [-0.1, -0.05) is 13.8 Å². The molecule has 0 aliphatic carbocycles. The van der Waals surface area contributed by atoms with Crippen molar-refractivity contribution in [2.24, 2.45) is 11.8 Å². The molecule has 2 saturated heterocycles. The van der Waals surface area contributed by atoms with Crippen molar-refractivity contribution in [2.75, 3.05) is 51.3 Å². The van der Waals surface area contributed by atoms with Crippen LogP contribution in [0, 0.1) is 11.8 Å². The minimum Gasteiger partial charge on any atom is -0.379 e. The molecule has 3 heterocycles. The van der Waals surface area contributed by atoms with E-state index in [1.165, 1.54) is 0 Å². The second-order valence-corrected chi connectivity index (χ2v) is 7.59. The average Bonchev–Trinajstić information content (AvgIpc) is 3.23. The summed E-state index contributed by atoms with van der Waals surface area (Å²) >= 11 is 0. The molecule has 7 heteroatoms. The van der Waals surface area contributed by atoms with Gasteiger partial charge in [0.2, 0.25) is 0 Å². The third-order valence-corrected chi connectivity index (χ3v) is 5.00. The minimum atomic E-state index is -0.0291. The molecule has 2 aliphatic heterocycles. The van der Waals surface area contributed by atoms with Gasteiger partial charge >= 0.3 is 6.03 Å². The maximum absolute atomic E-state index is 12.5. The van der Waals surface area contributed by atoms with Crippen molar-refractivity contribution in [1.29, 1.82) is 0 Å². The van der Waals surface area contributed by atoms with E-state index in [2.05, 4.69) is 29.2 Å². The third kappa shape index (κ3) is 5.44. The SMILES string of the molecule is CC(C)CCn1ccc(NC(=O)N2CC[C@H](CN3CCOCC3)C2)n1. The maximum atomic E-state index is 12.5. The molecule has 0 bridgehead atoms. The number of morpholine rings is 1. The lowest BCUT2D eigenvalue weighted by Crippen LogP contribution is -2.40. The fourth-order valence-electron chi connectivity index (χ4n) is 3.45. The Kier molecular flexibility index (Phi) is 6.31. The molecule has 0 unspecified atom stereocenters. The van der Waals surface area contributed by atoms with E-state index in [4.69, 9.17) is 4.74 Å². The van der Waals surface area contributed by atoms with Crippen molar-refractivity contribution in [3.05, 3.63) is 12.3 Å². The molecule has 2 aliphatic rings. The predicted molar refractivity (Wildman–Crippen MR) is 97.6 cm³/mol. The molecule has 25 heavy (non-hydrogen) atoms. The van der Waals surface area contributed by atoms with E-state index in [-0.39, 0.29) is 6.03 Å². The summed E-state index contributed by atoms with van der Waals surface area (Å²) in [6.07, 6.45) is 4.10. The highest BCUT2D eigenvalue weighted by atomic mass is 16.5. The van der Waals surface area contributed by atoms with E-state index < -0.39 is 0 Å². The number of nitrogens with one attached hydrogen (secondary N) is 1. The number of aromatic nitrogens is 2. The smallest absolute Gasteiger partial charge is 0.323 e. The lowest BCUT2D eigenvalue weighted by Gasteiger charge is -2.29. The first kappa shape index (κ1) is 18.2. The molecule has 0 aromatic carbocycles. The summed E-state index contributed by atoms with van der Waals surface area (Å²) in [7, 11) is 0. The van der Waals surface area contributed by atoms with E-state index in [0.717, 1.165) is 65.3 Å². The van der Waals surface area contributed by atoms with Crippen LogP contribution in [0.2, 0.25) is 0 Å². The van der Waals surface area contributed by atoms with Gasteiger partial charge in [0.1, 0.15) is 0 Å². The van der Waals surface area contributed by atoms with Crippen molar-refractivity contribution < 1.29 is 9.53 Å². The lowest BCUT2D eigenvalue weighted by atomic mass is 10.1. The summed E-state index contributed by atoms with van der Waals surface area (Å²) in [5.74, 6) is 1.85. The lowest BCUT2D eigenvalue weighted by molar-refractivity contribution is 0.0314. The molecule has 140 valence electrons. The minimum absolute atomic E-state index is 0.0291. The first-order chi connectivity index (χ1) is 12.1. The van der Waals surface area contributed by atoms with Gasteiger partial charge in [-0.25, -0.2) is 4.79 Å². The first-order valence-electron chi connectivity index (χ1n) is 9.49. The standard InChI is InChI=1S/C18H31N5O2/c1-15(2)3-7-23-8-5-17(20-23)19-18(24)22-6-4-16(14-22)13-21-9-11-25-12-10-21/h5,8,15-16H,3-4,6-7,9-14H2,1-2H3,(H,19,20,24)/t16-/m1/s1. The molecular weight excluding hydrogens is 318 g/mol. The van der Waals surface area contributed by atoms with Gasteiger partial charge < -0.3 is 9.64 Å². The summed E-state index contributed by atoms with van der Waals surface area (Å²) < 4.78 is 7.30. The number of likely N-dealkylation sites (tertiary alicyclic amines) is 1. The Morgan fingerprint density at radius 2 is 2.16 bits per heavy atom. The van der Waals surface area contributed by atoms with Gasteiger partial charge in [0.05, 0.1) is 13.2 Å². The van der Waals surface area contributed by atoms with Crippen LogP contribution in [0.4, 0.5) is 10.6 Å². The number of amides is 2. The summed E-state index contributed by atoms with van der Waals surface area (Å²) in [6.45, 7) is 11.7. The summed E-state index contributed by atoms with van der Waals surface area (Å²) in [5.41, 5.74) is 0. The zero-order valence-corrected chi connectivity index (χ0v) is 15.5. The van der Waals surface area contributed by atoms with E-state index in [1.54, 1.807) is 0 Å². The number of anilines is 1. The number of rotatable bonds is 6. The summed E-state index contributed by atoms with van der Waals surface area (Å²) in [4.78, 5) is 16.8. The van der Waals surface area contributed by atoms with Crippen LogP contribution in [0.3, 0.4) is 0 Å². The van der Waals surface area contributed by atoms with E-state index in [9.17, 15) is 4.79 Å². The zero-order valence-electron chi connectivity index (χ0n) is 15.5. The number of aryl methyl sites for hydroxylation is 1. The number of ether oxygens (including phenoxy) is 1. The Morgan fingerprint density at radius 3 is 2.92 bits per heavy atom. The highest BCUT2D eigenvalue weighted by molar-refractivity contribution is 5.88. The predicted octanol–water partition coefficient (Wildman–Crippen LogP) is 2.12. The van der Waals surface area contributed by atoms with Crippen LogP contribution in [-0.2, 0) is 11.3 Å². The van der Waals surface area contributed by atoms with Crippen molar-refractivity contribution in [3.63, 3.8) is 0 Å². The summed E-state index contributed by atoms with van der Waals surface area (Å²) in [5, 5.41) is 7.38. The quantitative estimate of drug-likeness (QED) is 0.854. The van der Waals surface area contributed by atoms with Crippen LogP contribution >= 0.6 is 0 Å². The van der Waals surface area contributed by atoms with Gasteiger partial charge in [0, 0.05) is 51.5 Å². The largest absolute Gasteiger partial charge is 0.379 e. The van der Waals surface area contributed by atoms with Crippen LogP contribution < -0.4 is 5.32 Å². The van der Waals surface area contributed by atoms with Gasteiger partial charge in [-0.05, 0) is 24.7 Å². The average molecular weight is 349 g/mol. The van der Waals surface area contributed by atoms with Crippen LogP contribution in [0.15, 0.2) is 12.3 Å². The molecule has 2 fully saturated rings. The normalized spacial score (nSPS) is 21.9. The summed E-state index contributed by atoms with van der Waals surface area (Å²) in [6, 6.07) is 1.85. The Labute approximate surface area is 150 Å². The highest BCUT2D eigenvalue weighted by Crippen LogP contribution is 2.19. The molecule has 1 N–H and O–H groups in total. The second kappa shape index (κ2) is 8.67. The number of hydrogen-bond donors (Lipinski definition) is 1. The number of hydrogen-bond acceptors (Lipinski definition) is 4. The van der Waals surface area contributed by atoms with Gasteiger partial charge in [0.25, 0.3) is 0 Å². The third-order valence-electron chi connectivity index (χ3n) is 5.00. The number of carbonyl (C=O) groups is 1. The van der Waals surface area contributed by atoms with Gasteiger partial charge in [-0.2, -0.15) is 5.10 Å². The van der Waals surface area contributed by atoms with Crippen molar-refractivity contribution >= 4 is 11.8 Å². The van der Waals surface area contributed by atoms with E-state index >= 15 is 0 Å². The Bertz CT molecular complexity index is 553. The molecule has 3 rings (SSSR count). The van der Waals surface area contributed by atoms with Crippen LogP contribution in [0.1, 0.15) is 26.7 Å².